The molecule has 0 saturated carbocycles. The second-order valence-corrected chi connectivity index (χ2v) is 6.64. The molecule has 4 nitrogen and oxygen atoms in total. The van der Waals surface area contributed by atoms with Gasteiger partial charge in [0.25, 0.3) is 5.91 Å². The van der Waals surface area contributed by atoms with Crippen LogP contribution in [0.5, 0.6) is 11.5 Å². The van der Waals surface area contributed by atoms with Crippen LogP contribution >= 0.6 is 0 Å². The van der Waals surface area contributed by atoms with Crippen LogP contribution in [0, 0.1) is 19.8 Å². The number of benzene rings is 2. The molecule has 1 amide bonds. The predicted molar refractivity (Wildman–Crippen MR) is 101 cm³/mol. The van der Waals surface area contributed by atoms with Gasteiger partial charge in [-0.25, -0.2) is 0 Å². The van der Waals surface area contributed by atoms with Crippen molar-refractivity contribution in [3.63, 3.8) is 0 Å². The molecule has 0 saturated heterocycles. The van der Waals surface area contributed by atoms with Crippen molar-refractivity contribution in [3.8, 4) is 11.5 Å². The molecule has 2 aromatic rings. The van der Waals surface area contributed by atoms with E-state index >= 15 is 0 Å². The Morgan fingerprint density at radius 3 is 2.48 bits per heavy atom. The first kappa shape index (κ1) is 18.8. The minimum absolute atomic E-state index is 0.0269. The molecule has 0 fully saturated rings. The van der Waals surface area contributed by atoms with Crippen molar-refractivity contribution < 1.29 is 14.3 Å². The van der Waals surface area contributed by atoms with Gasteiger partial charge in [0.15, 0.2) is 6.61 Å². The van der Waals surface area contributed by atoms with Gasteiger partial charge in [0.2, 0.25) is 0 Å². The van der Waals surface area contributed by atoms with E-state index in [0.717, 1.165) is 17.7 Å². The number of carbonyl (C=O) groups is 1. The number of carbonyl (C=O) groups excluding carboxylic acids is 1. The van der Waals surface area contributed by atoms with Crippen molar-refractivity contribution in [3.05, 3.63) is 53.6 Å². The van der Waals surface area contributed by atoms with Crippen molar-refractivity contribution in [2.24, 2.45) is 5.92 Å². The zero-order valence-electron chi connectivity index (χ0n) is 15.5. The van der Waals surface area contributed by atoms with Gasteiger partial charge in [-0.2, -0.15) is 0 Å². The second kappa shape index (κ2) is 9.11. The molecule has 0 aliphatic heterocycles. The molecular weight excluding hydrogens is 314 g/mol. The maximum Gasteiger partial charge on any atom is 0.262 e. The van der Waals surface area contributed by atoms with Gasteiger partial charge in [-0.05, 0) is 61.6 Å². The van der Waals surface area contributed by atoms with Gasteiger partial charge in [-0.15, -0.1) is 0 Å². The van der Waals surface area contributed by atoms with Crippen LogP contribution in [-0.2, 0) is 4.79 Å². The van der Waals surface area contributed by atoms with Gasteiger partial charge in [-0.1, -0.05) is 26.0 Å². The van der Waals surface area contributed by atoms with Crippen LogP contribution in [0.25, 0.3) is 0 Å². The molecule has 0 heterocycles. The topological polar surface area (TPSA) is 47.6 Å². The van der Waals surface area contributed by atoms with Gasteiger partial charge in [0.1, 0.15) is 11.5 Å². The molecular formula is C21H27NO3. The van der Waals surface area contributed by atoms with Crippen molar-refractivity contribution >= 4 is 11.6 Å². The molecule has 2 aromatic carbocycles. The van der Waals surface area contributed by atoms with E-state index in [1.54, 1.807) is 0 Å². The molecule has 25 heavy (non-hydrogen) atoms. The largest absolute Gasteiger partial charge is 0.494 e. The molecule has 0 aromatic heterocycles. The van der Waals surface area contributed by atoms with Crippen LogP contribution in [0.15, 0.2) is 42.5 Å². The van der Waals surface area contributed by atoms with Crippen LogP contribution in [-0.4, -0.2) is 19.1 Å². The number of hydrogen-bond donors (Lipinski definition) is 1. The molecule has 0 aliphatic rings. The molecule has 0 aliphatic carbocycles. The Bertz CT molecular complexity index is 710. The average molecular weight is 341 g/mol. The van der Waals surface area contributed by atoms with Crippen LogP contribution in [0.2, 0.25) is 0 Å². The van der Waals surface area contributed by atoms with Crippen LogP contribution in [0.1, 0.15) is 31.4 Å². The lowest BCUT2D eigenvalue weighted by atomic mass is 10.1. The van der Waals surface area contributed by atoms with Crippen LogP contribution in [0.4, 0.5) is 5.69 Å². The highest BCUT2D eigenvalue weighted by Crippen LogP contribution is 2.19. The quantitative estimate of drug-likeness (QED) is 0.754. The number of nitrogens with one attached hydrogen (secondary N) is 1. The fourth-order valence-corrected chi connectivity index (χ4v) is 2.23. The monoisotopic (exact) mass is 341 g/mol. The van der Waals surface area contributed by atoms with E-state index in [1.807, 2.05) is 56.3 Å². The molecule has 0 atom stereocenters. The summed E-state index contributed by atoms with van der Waals surface area (Å²) in [5.41, 5.74) is 3.05. The minimum atomic E-state index is -0.197. The summed E-state index contributed by atoms with van der Waals surface area (Å²) in [6, 6.07) is 13.2. The summed E-state index contributed by atoms with van der Waals surface area (Å²) >= 11 is 0. The van der Waals surface area contributed by atoms with Crippen LogP contribution in [0.3, 0.4) is 0 Å². The zero-order chi connectivity index (χ0) is 18.2. The Morgan fingerprint density at radius 2 is 1.76 bits per heavy atom. The molecule has 0 radical (unpaired) electrons. The molecule has 0 unspecified atom stereocenters. The van der Waals surface area contributed by atoms with Gasteiger partial charge in [0, 0.05) is 11.8 Å². The van der Waals surface area contributed by atoms with E-state index in [9.17, 15) is 4.79 Å². The summed E-state index contributed by atoms with van der Waals surface area (Å²) in [4.78, 5) is 12.1. The molecule has 134 valence electrons. The predicted octanol–water partition coefficient (Wildman–Crippen LogP) is 4.75. The molecule has 4 heteroatoms. The smallest absolute Gasteiger partial charge is 0.262 e. The maximum atomic E-state index is 12.1. The second-order valence-electron chi connectivity index (χ2n) is 6.64. The van der Waals surface area contributed by atoms with Crippen molar-refractivity contribution in [1.29, 1.82) is 0 Å². The molecule has 1 N–H and O–H groups in total. The fourth-order valence-electron chi connectivity index (χ4n) is 2.23. The highest BCUT2D eigenvalue weighted by Gasteiger charge is 2.06. The molecule has 0 bridgehead atoms. The number of rotatable bonds is 8. The summed E-state index contributed by atoms with van der Waals surface area (Å²) in [6.45, 7) is 9.03. The first-order valence-corrected chi connectivity index (χ1v) is 8.67. The highest BCUT2D eigenvalue weighted by atomic mass is 16.5. The van der Waals surface area contributed by atoms with Crippen molar-refractivity contribution in [1.82, 2.24) is 0 Å². The summed E-state index contributed by atoms with van der Waals surface area (Å²) in [6.07, 6.45) is 1.00. The van der Waals surface area contributed by atoms with Gasteiger partial charge < -0.3 is 14.8 Å². The Balaban J connectivity index is 1.84. The first-order valence-electron chi connectivity index (χ1n) is 8.67. The lowest BCUT2D eigenvalue weighted by molar-refractivity contribution is -0.118. The van der Waals surface area contributed by atoms with E-state index in [-0.39, 0.29) is 12.5 Å². The summed E-state index contributed by atoms with van der Waals surface area (Å²) in [5.74, 6) is 1.86. The summed E-state index contributed by atoms with van der Waals surface area (Å²) in [7, 11) is 0. The van der Waals surface area contributed by atoms with E-state index in [2.05, 4.69) is 19.2 Å². The Morgan fingerprint density at radius 1 is 1.00 bits per heavy atom. The lowest BCUT2D eigenvalue weighted by Gasteiger charge is -2.11. The number of aryl methyl sites for hydroxylation is 2. The Labute approximate surface area is 150 Å². The minimum Gasteiger partial charge on any atom is -0.494 e. The summed E-state index contributed by atoms with van der Waals surface area (Å²) in [5, 5.41) is 2.83. The SMILES string of the molecule is Cc1ccc(OCC(=O)Nc2cccc(OCCC(C)C)c2)cc1C. The summed E-state index contributed by atoms with van der Waals surface area (Å²) < 4.78 is 11.3. The first-order chi connectivity index (χ1) is 11.9. The highest BCUT2D eigenvalue weighted by molar-refractivity contribution is 5.92. The maximum absolute atomic E-state index is 12.1. The fraction of sp³-hybridized carbons (Fsp3) is 0.381. The number of amides is 1. The average Bonchev–Trinajstić information content (AvgIpc) is 2.56. The van der Waals surface area contributed by atoms with Crippen molar-refractivity contribution in [2.75, 3.05) is 18.5 Å². The number of hydrogen-bond acceptors (Lipinski definition) is 3. The van der Waals surface area contributed by atoms with Crippen molar-refractivity contribution in [2.45, 2.75) is 34.1 Å². The zero-order valence-corrected chi connectivity index (χ0v) is 15.5. The van der Waals surface area contributed by atoms with Gasteiger partial charge >= 0.3 is 0 Å². The normalized spacial score (nSPS) is 10.6. The molecule has 2 rings (SSSR count). The van der Waals surface area contributed by atoms with Crippen LogP contribution < -0.4 is 14.8 Å². The Kier molecular flexibility index (Phi) is 6.87. The third kappa shape index (κ3) is 6.49. The number of anilines is 1. The van der Waals surface area contributed by atoms with E-state index in [0.29, 0.717) is 24.0 Å². The van der Waals surface area contributed by atoms with E-state index in [4.69, 9.17) is 9.47 Å². The van der Waals surface area contributed by atoms with Gasteiger partial charge in [0.05, 0.1) is 6.61 Å². The Hall–Kier alpha value is -2.49. The number of ether oxygens (including phenoxy) is 2. The van der Waals surface area contributed by atoms with E-state index < -0.39 is 0 Å². The standard InChI is InChI=1S/C21H27NO3/c1-15(2)10-11-24-19-7-5-6-18(13-19)22-21(23)14-25-20-9-8-16(3)17(4)12-20/h5-9,12-13,15H,10-11,14H2,1-4H3,(H,22,23). The third-order valence-corrected chi connectivity index (χ3v) is 3.93. The van der Waals surface area contributed by atoms with Gasteiger partial charge in [-0.3, -0.25) is 4.79 Å². The van der Waals surface area contributed by atoms with E-state index in [1.165, 1.54) is 5.56 Å². The molecule has 0 spiro atoms. The lowest BCUT2D eigenvalue weighted by Crippen LogP contribution is -2.20. The third-order valence-electron chi connectivity index (χ3n) is 3.93.